The lowest BCUT2D eigenvalue weighted by molar-refractivity contribution is -0.126. The van der Waals surface area contributed by atoms with Gasteiger partial charge < -0.3 is 10.4 Å². The Morgan fingerprint density at radius 2 is 2.25 bits per heavy atom. The van der Waals surface area contributed by atoms with Crippen LogP contribution in [0.4, 0.5) is 8.78 Å². The van der Waals surface area contributed by atoms with Crippen molar-refractivity contribution in [2.75, 3.05) is 26.2 Å². The molecular weight excluding hydrogens is 314 g/mol. The molecule has 1 aromatic rings. The first-order valence-corrected chi connectivity index (χ1v) is 8.64. The number of aliphatic hydroxyl groups is 1. The zero-order valence-corrected chi connectivity index (χ0v) is 14.1. The number of nitrogens with one attached hydrogen (secondary N) is 1. The van der Waals surface area contributed by atoms with Gasteiger partial charge in [-0.2, -0.15) is 0 Å². The quantitative estimate of drug-likeness (QED) is 0.750. The predicted octanol–water partition coefficient (Wildman–Crippen LogP) is 2.63. The fourth-order valence-electron chi connectivity index (χ4n) is 3.08. The number of carbonyl (C=O) groups excluding carboxylic acids is 1. The summed E-state index contributed by atoms with van der Waals surface area (Å²) in [5.41, 5.74) is 0.0888. The Labute approximate surface area is 141 Å². The van der Waals surface area contributed by atoms with Crippen LogP contribution in [0.3, 0.4) is 0 Å². The van der Waals surface area contributed by atoms with Crippen LogP contribution in [0.15, 0.2) is 18.2 Å². The van der Waals surface area contributed by atoms with Gasteiger partial charge in [0.25, 0.3) is 0 Å². The van der Waals surface area contributed by atoms with Gasteiger partial charge in [0.15, 0.2) is 0 Å². The van der Waals surface area contributed by atoms with E-state index in [2.05, 4.69) is 12.2 Å². The third-order valence-corrected chi connectivity index (χ3v) is 4.46. The molecule has 2 unspecified atom stereocenters. The Bertz CT molecular complexity index is 554. The summed E-state index contributed by atoms with van der Waals surface area (Å²) in [6.07, 6.45) is 2.66. The van der Waals surface area contributed by atoms with E-state index < -0.39 is 17.7 Å². The molecule has 1 aromatic carbocycles. The zero-order chi connectivity index (χ0) is 17.5. The number of halogens is 2. The SMILES string of the molecule is CCCCNC(=O)C1CCCN(CC(O)c2ccc(F)cc2F)C1. The van der Waals surface area contributed by atoms with Gasteiger partial charge in [-0.25, -0.2) is 8.78 Å². The molecule has 0 aliphatic carbocycles. The van der Waals surface area contributed by atoms with E-state index in [0.29, 0.717) is 13.1 Å². The van der Waals surface area contributed by atoms with E-state index in [1.54, 1.807) is 0 Å². The van der Waals surface area contributed by atoms with E-state index in [-0.39, 0.29) is 23.9 Å². The van der Waals surface area contributed by atoms with Gasteiger partial charge in [-0.3, -0.25) is 9.69 Å². The van der Waals surface area contributed by atoms with Crippen LogP contribution in [0.2, 0.25) is 0 Å². The van der Waals surface area contributed by atoms with Gasteiger partial charge in [-0.1, -0.05) is 19.4 Å². The highest BCUT2D eigenvalue weighted by atomic mass is 19.1. The molecule has 0 aromatic heterocycles. The Hall–Kier alpha value is -1.53. The molecule has 1 saturated heterocycles. The molecule has 1 fully saturated rings. The monoisotopic (exact) mass is 340 g/mol. The average molecular weight is 340 g/mol. The molecule has 134 valence electrons. The molecule has 0 saturated carbocycles. The second-order valence-corrected chi connectivity index (χ2v) is 6.42. The van der Waals surface area contributed by atoms with Crippen LogP contribution in [-0.2, 0) is 4.79 Å². The number of aliphatic hydroxyl groups excluding tert-OH is 1. The number of rotatable bonds is 7. The van der Waals surface area contributed by atoms with Crippen molar-refractivity contribution in [1.29, 1.82) is 0 Å². The number of hydrogen-bond donors (Lipinski definition) is 2. The van der Waals surface area contributed by atoms with Crippen molar-refractivity contribution in [2.45, 2.75) is 38.7 Å². The number of amides is 1. The number of unbranched alkanes of at least 4 members (excludes halogenated alkanes) is 1. The molecule has 4 nitrogen and oxygen atoms in total. The molecule has 1 aliphatic rings. The molecule has 2 N–H and O–H groups in total. The van der Waals surface area contributed by atoms with E-state index >= 15 is 0 Å². The normalized spacial score (nSPS) is 19.9. The molecule has 6 heteroatoms. The van der Waals surface area contributed by atoms with Crippen molar-refractivity contribution in [3.05, 3.63) is 35.4 Å². The summed E-state index contributed by atoms with van der Waals surface area (Å²) in [6, 6.07) is 3.19. The van der Waals surface area contributed by atoms with Crippen LogP contribution < -0.4 is 5.32 Å². The molecule has 1 amide bonds. The second-order valence-electron chi connectivity index (χ2n) is 6.42. The Kier molecular flexibility index (Phi) is 7.12. The Morgan fingerprint density at radius 3 is 2.96 bits per heavy atom. The largest absolute Gasteiger partial charge is 0.387 e. The summed E-state index contributed by atoms with van der Waals surface area (Å²) < 4.78 is 26.7. The van der Waals surface area contributed by atoms with E-state index in [9.17, 15) is 18.7 Å². The molecule has 0 bridgehead atoms. The van der Waals surface area contributed by atoms with Crippen molar-refractivity contribution in [2.24, 2.45) is 5.92 Å². The fraction of sp³-hybridized carbons (Fsp3) is 0.611. The highest BCUT2D eigenvalue weighted by molar-refractivity contribution is 5.78. The minimum absolute atomic E-state index is 0.0515. The molecule has 0 radical (unpaired) electrons. The number of benzene rings is 1. The standard InChI is InChI=1S/C18H26F2N2O2/c1-2-3-8-21-18(24)13-5-4-9-22(11-13)12-17(23)15-7-6-14(19)10-16(15)20/h6-7,10,13,17,23H,2-5,8-9,11-12H2,1H3,(H,21,24). The van der Waals surface area contributed by atoms with Gasteiger partial charge in [-0.15, -0.1) is 0 Å². The fourth-order valence-corrected chi connectivity index (χ4v) is 3.08. The highest BCUT2D eigenvalue weighted by Crippen LogP contribution is 2.23. The maximum Gasteiger partial charge on any atom is 0.224 e. The van der Waals surface area contributed by atoms with Gasteiger partial charge in [0.2, 0.25) is 5.91 Å². The summed E-state index contributed by atoms with van der Waals surface area (Å²) in [5.74, 6) is -1.45. The lowest BCUT2D eigenvalue weighted by Gasteiger charge is -2.33. The van der Waals surface area contributed by atoms with Crippen LogP contribution in [-0.4, -0.2) is 42.1 Å². The van der Waals surface area contributed by atoms with Gasteiger partial charge in [0, 0.05) is 31.3 Å². The van der Waals surface area contributed by atoms with Crippen LogP contribution in [0.5, 0.6) is 0 Å². The van der Waals surface area contributed by atoms with Crippen molar-refractivity contribution in [3.63, 3.8) is 0 Å². The van der Waals surface area contributed by atoms with Gasteiger partial charge >= 0.3 is 0 Å². The van der Waals surface area contributed by atoms with E-state index in [1.165, 1.54) is 6.07 Å². The first-order valence-electron chi connectivity index (χ1n) is 8.64. The second kappa shape index (κ2) is 9.08. The summed E-state index contributed by atoms with van der Waals surface area (Å²) in [5, 5.41) is 13.2. The number of β-amino-alcohol motifs (C(OH)–C–C–N with tert-alkyl or cyclic N) is 1. The lowest BCUT2D eigenvalue weighted by Crippen LogP contribution is -2.44. The summed E-state index contributed by atoms with van der Waals surface area (Å²) in [6.45, 7) is 4.32. The zero-order valence-electron chi connectivity index (χ0n) is 14.1. The Morgan fingerprint density at radius 1 is 1.46 bits per heavy atom. The number of piperidine rings is 1. The van der Waals surface area contributed by atoms with Gasteiger partial charge in [0.05, 0.1) is 12.0 Å². The van der Waals surface area contributed by atoms with Gasteiger partial charge in [-0.05, 0) is 31.9 Å². The molecule has 1 aliphatic heterocycles. The molecule has 0 spiro atoms. The maximum atomic E-state index is 13.8. The van der Waals surface area contributed by atoms with Gasteiger partial charge in [0.1, 0.15) is 11.6 Å². The lowest BCUT2D eigenvalue weighted by atomic mass is 9.96. The van der Waals surface area contributed by atoms with Crippen molar-refractivity contribution >= 4 is 5.91 Å². The third kappa shape index (κ3) is 5.24. The maximum absolute atomic E-state index is 13.8. The van der Waals surface area contributed by atoms with Crippen LogP contribution in [0.25, 0.3) is 0 Å². The number of likely N-dealkylation sites (tertiary alicyclic amines) is 1. The Balaban J connectivity index is 1.89. The molecule has 1 heterocycles. The summed E-state index contributed by atoms with van der Waals surface area (Å²) in [7, 11) is 0. The predicted molar refractivity (Wildman–Crippen MR) is 88.4 cm³/mol. The van der Waals surface area contributed by atoms with E-state index in [1.807, 2.05) is 4.90 Å². The van der Waals surface area contributed by atoms with E-state index in [4.69, 9.17) is 0 Å². The molecular formula is C18H26F2N2O2. The summed E-state index contributed by atoms with van der Waals surface area (Å²) >= 11 is 0. The minimum Gasteiger partial charge on any atom is -0.387 e. The summed E-state index contributed by atoms with van der Waals surface area (Å²) in [4.78, 5) is 14.1. The highest BCUT2D eigenvalue weighted by Gasteiger charge is 2.27. The van der Waals surface area contributed by atoms with Crippen molar-refractivity contribution in [1.82, 2.24) is 10.2 Å². The van der Waals surface area contributed by atoms with Crippen molar-refractivity contribution < 1.29 is 18.7 Å². The first kappa shape index (κ1) is 18.8. The van der Waals surface area contributed by atoms with Crippen LogP contribution >= 0.6 is 0 Å². The third-order valence-electron chi connectivity index (χ3n) is 4.46. The number of nitrogens with zero attached hydrogens (tertiary/aromatic N) is 1. The average Bonchev–Trinajstić information content (AvgIpc) is 2.55. The van der Waals surface area contributed by atoms with Crippen LogP contribution in [0, 0.1) is 17.6 Å². The minimum atomic E-state index is -1.03. The number of carbonyl (C=O) groups is 1. The topological polar surface area (TPSA) is 52.6 Å². The smallest absolute Gasteiger partial charge is 0.224 e. The van der Waals surface area contributed by atoms with Crippen LogP contribution in [0.1, 0.15) is 44.3 Å². The molecule has 24 heavy (non-hydrogen) atoms. The molecule has 2 rings (SSSR count). The van der Waals surface area contributed by atoms with E-state index in [0.717, 1.165) is 44.4 Å². The number of hydrogen-bond acceptors (Lipinski definition) is 3. The molecule has 2 atom stereocenters. The van der Waals surface area contributed by atoms with Crippen molar-refractivity contribution in [3.8, 4) is 0 Å². The first-order chi connectivity index (χ1) is 11.5.